The van der Waals surface area contributed by atoms with Crippen molar-refractivity contribution in [2.24, 2.45) is 0 Å². The minimum absolute atomic E-state index is 0.0811. The fourth-order valence-electron chi connectivity index (χ4n) is 2.23. The second kappa shape index (κ2) is 6.61. The topological polar surface area (TPSA) is 70.8 Å². The Labute approximate surface area is 119 Å². The largest absolute Gasteiger partial charge is 0.490 e. The summed E-state index contributed by atoms with van der Waals surface area (Å²) >= 11 is 0. The summed E-state index contributed by atoms with van der Waals surface area (Å²) < 4.78 is 16.4. The first-order chi connectivity index (χ1) is 9.60. The van der Waals surface area contributed by atoms with Crippen molar-refractivity contribution >= 4 is 11.7 Å². The van der Waals surface area contributed by atoms with Gasteiger partial charge in [-0.1, -0.05) is 0 Å². The van der Waals surface area contributed by atoms with E-state index in [1.165, 1.54) is 0 Å². The molecule has 0 aromatic heterocycles. The van der Waals surface area contributed by atoms with Gasteiger partial charge in [0, 0.05) is 5.69 Å². The number of rotatable bonds is 5. The predicted molar refractivity (Wildman–Crippen MR) is 75.9 cm³/mol. The van der Waals surface area contributed by atoms with Gasteiger partial charge in [0.1, 0.15) is 17.9 Å². The Morgan fingerprint density at radius 1 is 1.45 bits per heavy atom. The molecule has 20 heavy (non-hydrogen) atoms. The van der Waals surface area contributed by atoms with Crippen molar-refractivity contribution in [1.29, 1.82) is 0 Å². The number of hydrogen-bond acceptors (Lipinski definition) is 5. The zero-order valence-corrected chi connectivity index (χ0v) is 11.9. The molecule has 0 amide bonds. The van der Waals surface area contributed by atoms with E-state index in [1.807, 2.05) is 6.92 Å². The van der Waals surface area contributed by atoms with Crippen LogP contribution in [0.1, 0.15) is 37.0 Å². The van der Waals surface area contributed by atoms with Crippen LogP contribution in [0, 0.1) is 0 Å². The number of carbonyl (C=O) groups is 1. The van der Waals surface area contributed by atoms with Gasteiger partial charge < -0.3 is 19.9 Å². The first-order valence-corrected chi connectivity index (χ1v) is 6.95. The van der Waals surface area contributed by atoms with Crippen molar-refractivity contribution in [3.8, 4) is 5.75 Å². The van der Waals surface area contributed by atoms with Crippen molar-refractivity contribution in [3.05, 3.63) is 23.8 Å². The van der Waals surface area contributed by atoms with Gasteiger partial charge in [0.15, 0.2) is 0 Å². The number of benzene rings is 1. The summed E-state index contributed by atoms with van der Waals surface area (Å²) in [5, 5.41) is 0. The van der Waals surface area contributed by atoms with E-state index < -0.39 is 5.97 Å². The maximum atomic E-state index is 11.9. The van der Waals surface area contributed by atoms with Crippen LogP contribution in [0.5, 0.6) is 5.75 Å². The number of ether oxygens (including phenoxy) is 3. The summed E-state index contributed by atoms with van der Waals surface area (Å²) in [6, 6.07) is 4.97. The van der Waals surface area contributed by atoms with E-state index in [4.69, 9.17) is 19.9 Å². The highest BCUT2D eigenvalue weighted by Gasteiger charge is 2.23. The predicted octanol–water partition coefficient (Wildman–Crippen LogP) is 2.39. The Bertz CT molecular complexity index is 475. The van der Waals surface area contributed by atoms with E-state index in [9.17, 15) is 4.79 Å². The van der Waals surface area contributed by atoms with Gasteiger partial charge in [0.05, 0.1) is 18.8 Å². The van der Waals surface area contributed by atoms with Crippen LogP contribution in [-0.2, 0) is 9.47 Å². The number of nitrogen functional groups attached to an aromatic ring is 1. The van der Waals surface area contributed by atoms with Crippen LogP contribution in [0.2, 0.25) is 0 Å². The second-order valence-electron chi connectivity index (χ2n) is 4.93. The molecule has 1 fully saturated rings. The van der Waals surface area contributed by atoms with E-state index in [-0.39, 0.29) is 12.2 Å². The van der Waals surface area contributed by atoms with Crippen LogP contribution in [0.15, 0.2) is 18.2 Å². The van der Waals surface area contributed by atoms with Crippen molar-refractivity contribution < 1.29 is 19.0 Å². The maximum Gasteiger partial charge on any atom is 0.341 e. The van der Waals surface area contributed by atoms with E-state index in [0.717, 1.165) is 12.8 Å². The third-order valence-electron chi connectivity index (χ3n) is 3.24. The number of anilines is 1. The summed E-state index contributed by atoms with van der Waals surface area (Å²) in [5.74, 6) is 0.0660. The molecule has 2 atom stereocenters. The van der Waals surface area contributed by atoms with Crippen LogP contribution in [0.3, 0.4) is 0 Å². The molecule has 0 spiro atoms. The highest BCUT2D eigenvalue weighted by atomic mass is 16.5. The lowest BCUT2D eigenvalue weighted by atomic mass is 10.1. The third-order valence-corrected chi connectivity index (χ3v) is 3.24. The summed E-state index contributed by atoms with van der Waals surface area (Å²) in [6.45, 7) is 4.56. The molecule has 1 aromatic carbocycles. The van der Waals surface area contributed by atoms with Crippen LogP contribution < -0.4 is 10.5 Å². The molecule has 5 heteroatoms. The molecule has 1 saturated heterocycles. The molecule has 1 aliphatic heterocycles. The Morgan fingerprint density at radius 2 is 2.25 bits per heavy atom. The van der Waals surface area contributed by atoms with Gasteiger partial charge in [-0.25, -0.2) is 4.79 Å². The minimum atomic E-state index is -0.421. The fourth-order valence-corrected chi connectivity index (χ4v) is 2.23. The smallest absolute Gasteiger partial charge is 0.341 e. The van der Waals surface area contributed by atoms with E-state index in [1.54, 1.807) is 25.1 Å². The molecule has 0 bridgehead atoms. The Kier molecular flexibility index (Phi) is 4.84. The zero-order valence-electron chi connectivity index (χ0n) is 11.9. The van der Waals surface area contributed by atoms with Gasteiger partial charge in [0.25, 0.3) is 0 Å². The van der Waals surface area contributed by atoms with Crippen molar-refractivity contribution in [2.45, 2.75) is 38.9 Å². The average Bonchev–Trinajstić information content (AvgIpc) is 2.83. The summed E-state index contributed by atoms with van der Waals surface area (Å²) in [4.78, 5) is 11.9. The van der Waals surface area contributed by atoms with Crippen molar-refractivity contribution in [1.82, 2.24) is 0 Å². The zero-order chi connectivity index (χ0) is 14.5. The van der Waals surface area contributed by atoms with Gasteiger partial charge in [-0.15, -0.1) is 0 Å². The molecule has 1 aliphatic rings. The van der Waals surface area contributed by atoms with Gasteiger partial charge >= 0.3 is 5.97 Å². The van der Waals surface area contributed by atoms with Gasteiger partial charge in [0.2, 0.25) is 0 Å². The third kappa shape index (κ3) is 3.63. The highest BCUT2D eigenvalue weighted by molar-refractivity contribution is 5.93. The van der Waals surface area contributed by atoms with Crippen molar-refractivity contribution in [2.75, 3.05) is 18.9 Å². The summed E-state index contributed by atoms with van der Waals surface area (Å²) in [5.41, 5.74) is 6.57. The van der Waals surface area contributed by atoms with E-state index in [2.05, 4.69) is 0 Å². The van der Waals surface area contributed by atoms with Gasteiger partial charge in [-0.05, 0) is 44.9 Å². The first kappa shape index (κ1) is 14.7. The lowest BCUT2D eigenvalue weighted by Crippen LogP contribution is -2.19. The molecule has 5 nitrogen and oxygen atoms in total. The van der Waals surface area contributed by atoms with Crippen LogP contribution >= 0.6 is 0 Å². The molecule has 0 radical (unpaired) electrons. The quantitative estimate of drug-likeness (QED) is 0.662. The number of nitrogens with two attached hydrogens (primary N) is 1. The molecule has 110 valence electrons. The average molecular weight is 279 g/mol. The standard InChI is InChI=1S/C15H21NO4/c1-3-18-15(17)13-8-11(16)5-7-14(13)19-9-12-6-4-10(2)20-12/h5,7-8,10,12H,3-4,6,9,16H2,1-2H3. The molecule has 1 heterocycles. The highest BCUT2D eigenvalue weighted by Crippen LogP contribution is 2.25. The van der Waals surface area contributed by atoms with Gasteiger partial charge in [-0.2, -0.15) is 0 Å². The fraction of sp³-hybridized carbons (Fsp3) is 0.533. The second-order valence-corrected chi connectivity index (χ2v) is 4.93. The summed E-state index contributed by atoms with van der Waals surface area (Å²) in [6.07, 6.45) is 2.38. The molecule has 2 N–H and O–H groups in total. The lowest BCUT2D eigenvalue weighted by Gasteiger charge is -2.15. The molecule has 2 unspecified atom stereocenters. The molecule has 2 rings (SSSR count). The summed E-state index contributed by atoms with van der Waals surface area (Å²) in [7, 11) is 0. The monoisotopic (exact) mass is 279 g/mol. The van der Waals surface area contributed by atoms with Gasteiger partial charge in [-0.3, -0.25) is 0 Å². The maximum absolute atomic E-state index is 11.9. The molecule has 1 aromatic rings. The minimum Gasteiger partial charge on any atom is -0.490 e. The van der Waals surface area contributed by atoms with E-state index in [0.29, 0.717) is 30.2 Å². The molecule has 0 saturated carbocycles. The Morgan fingerprint density at radius 3 is 2.90 bits per heavy atom. The molecular weight excluding hydrogens is 258 g/mol. The first-order valence-electron chi connectivity index (χ1n) is 6.95. The number of carbonyl (C=O) groups excluding carboxylic acids is 1. The van der Waals surface area contributed by atoms with Crippen LogP contribution in [-0.4, -0.2) is 31.4 Å². The molecular formula is C15H21NO4. The van der Waals surface area contributed by atoms with E-state index >= 15 is 0 Å². The normalized spacial score (nSPS) is 21.7. The van der Waals surface area contributed by atoms with Crippen LogP contribution in [0.25, 0.3) is 0 Å². The lowest BCUT2D eigenvalue weighted by molar-refractivity contribution is 0.0255. The molecule has 0 aliphatic carbocycles. The SMILES string of the molecule is CCOC(=O)c1cc(N)ccc1OCC1CCC(C)O1. The van der Waals surface area contributed by atoms with Crippen LogP contribution in [0.4, 0.5) is 5.69 Å². The number of esters is 1. The number of hydrogen-bond donors (Lipinski definition) is 1. The Balaban J connectivity index is 2.04. The van der Waals surface area contributed by atoms with Crippen molar-refractivity contribution in [3.63, 3.8) is 0 Å². The Hall–Kier alpha value is -1.75.